The highest BCUT2D eigenvalue weighted by Crippen LogP contribution is 2.62. The van der Waals surface area contributed by atoms with E-state index in [1.54, 1.807) is 0 Å². The Hall–Kier alpha value is -1.99. The number of rotatable bonds is 11. The summed E-state index contributed by atoms with van der Waals surface area (Å²) in [6.45, 7) is 10.9. The van der Waals surface area contributed by atoms with E-state index in [1.807, 2.05) is 12.1 Å². The Morgan fingerprint density at radius 1 is 0.976 bits per heavy atom. The molecular weight excluding hydrogens is 528 g/mol. The van der Waals surface area contributed by atoms with E-state index in [1.165, 1.54) is 16.8 Å². The van der Waals surface area contributed by atoms with Gasteiger partial charge in [-0.2, -0.15) is 0 Å². The van der Waals surface area contributed by atoms with Crippen LogP contribution in [0.5, 0.6) is 0 Å². The number of cyclic esters (lactones) is 1. The number of ether oxygens (including phenoxy) is 3. The molecule has 3 fully saturated rings. The molecule has 5 nitrogen and oxygen atoms in total. The van der Waals surface area contributed by atoms with Crippen LogP contribution in [0.4, 0.5) is 0 Å². The molecule has 0 bridgehead atoms. The van der Waals surface area contributed by atoms with E-state index in [-0.39, 0.29) is 46.9 Å². The molecule has 0 N–H and O–H groups in total. The van der Waals surface area contributed by atoms with Crippen LogP contribution in [0.15, 0.2) is 60.7 Å². The molecule has 5 rings (SSSR count). The Balaban J connectivity index is 1.47. The van der Waals surface area contributed by atoms with Gasteiger partial charge in [-0.25, -0.2) is 0 Å². The second kappa shape index (κ2) is 13.5. The van der Waals surface area contributed by atoms with Crippen LogP contribution in [-0.4, -0.2) is 47.2 Å². The summed E-state index contributed by atoms with van der Waals surface area (Å²) in [6, 6.07) is 21.1. The highest BCUT2D eigenvalue weighted by molar-refractivity contribution is 6.80. The van der Waals surface area contributed by atoms with Crippen molar-refractivity contribution in [3.8, 4) is 0 Å². The van der Waals surface area contributed by atoms with Gasteiger partial charge in [0.15, 0.2) is 6.29 Å². The molecule has 6 atom stereocenters. The number of unbranched alkanes of at least 4 members (excludes halogenated alkanes) is 2. The third-order valence-corrected chi connectivity index (χ3v) is 12.4. The van der Waals surface area contributed by atoms with Crippen LogP contribution in [0.25, 0.3) is 0 Å². The Kier molecular flexibility index (Phi) is 10.1. The first-order valence-corrected chi connectivity index (χ1v) is 17.6. The number of benzene rings is 2. The molecule has 0 radical (unpaired) electrons. The molecule has 2 aromatic rings. The minimum atomic E-state index is -2.01. The number of hydrogen-bond acceptors (Lipinski definition) is 5. The fourth-order valence-electron chi connectivity index (χ4n) is 7.99. The third-order valence-electron chi connectivity index (χ3n) is 9.88. The van der Waals surface area contributed by atoms with Gasteiger partial charge in [0.05, 0.1) is 18.6 Å². The first-order chi connectivity index (χ1) is 19.8. The summed E-state index contributed by atoms with van der Waals surface area (Å²) in [6.07, 6.45) is 8.40. The quantitative estimate of drug-likeness (QED) is 0.190. The lowest BCUT2D eigenvalue weighted by atomic mass is 9.60. The van der Waals surface area contributed by atoms with E-state index in [9.17, 15) is 4.79 Å². The summed E-state index contributed by atoms with van der Waals surface area (Å²) in [5.74, 6) is 0.134. The van der Waals surface area contributed by atoms with Crippen LogP contribution < -0.4 is 10.4 Å². The number of carbonyl (C=O) groups excluding carboxylic acids is 1. The van der Waals surface area contributed by atoms with Crippen LogP contribution in [0, 0.1) is 28.6 Å². The first-order valence-electron chi connectivity index (χ1n) is 16.0. The number of hydrogen-bond donors (Lipinski definition) is 0. The highest BCUT2D eigenvalue weighted by atomic mass is 28.3. The summed E-state index contributed by atoms with van der Waals surface area (Å²) >= 11 is 0. The Bertz CT molecular complexity index is 1060. The van der Waals surface area contributed by atoms with Gasteiger partial charge < -0.3 is 18.6 Å². The van der Waals surface area contributed by atoms with Crippen LogP contribution in [0.3, 0.4) is 0 Å². The van der Waals surface area contributed by atoms with Crippen LogP contribution in [0.2, 0.25) is 0 Å². The zero-order valence-electron chi connectivity index (χ0n) is 25.6. The Morgan fingerprint density at radius 2 is 1.66 bits per heavy atom. The SMILES string of the molecule is CCCCC[C@]12C[C@@H](OC3CCCCO3)[C@H](C(C)(C)C)[C@H]1COC(=O)C2CO[SiH](c1ccccc1)c1ccccc1. The molecule has 0 amide bonds. The number of fused-ring (bicyclic) bond motifs is 1. The van der Waals surface area contributed by atoms with Crippen LogP contribution in [0.1, 0.15) is 79.1 Å². The monoisotopic (exact) mass is 578 g/mol. The topological polar surface area (TPSA) is 54.0 Å². The van der Waals surface area contributed by atoms with Crippen molar-refractivity contribution >= 4 is 25.4 Å². The summed E-state index contributed by atoms with van der Waals surface area (Å²) in [5.41, 5.74) is -0.189. The van der Waals surface area contributed by atoms with Crippen molar-refractivity contribution in [3.05, 3.63) is 60.7 Å². The van der Waals surface area contributed by atoms with Gasteiger partial charge in [0.2, 0.25) is 9.04 Å². The first kappa shape index (κ1) is 30.5. The minimum Gasteiger partial charge on any atom is -0.465 e. The van der Waals surface area contributed by atoms with Crippen molar-refractivity contribution in [1.82, 2.24) is 0 Å². The molecule has 0 spiro atoms. The summed E-state index contributed by atoms with van der Waals surface area (Å²) in [5, 5.41) is 2.46. The summed E-state index contributed by atoms with van der Waals surface area (Å²) in [7, 11) is -2.01. The standard InChI is InChI=1S/C35H50O5Si/c1-5-6-14-21-35-23-30(40-31-20-13-15-22-37-31)32(34(2,3)4)28(35)24-38-33(36)29(35)25-39-41(26-16-9-7-10-17-26)27-18-11-8-12-19-27/h7-12,16-19,28-32,41H,5-6,13-15,20-25H2,1-4H3/t28-,29?,30-,31?,32-,35+/m1/s1. The maximum absolute atomic E-state index is 13.8. The molecule has 0 aromatic heterocycles. The molecular formula is C35H50O5Si. The van der Waals surface area contributed by atoms with Crippen LogP contribution >= 0.6 is 0 Å². The zero-order chi connectivity index (χ0) is 28.9. The lowest BCUT2D eigenvalue weighted by molar-refractivity contribution is -0.203. The molecule has 2 aliphatic heterocycles. The average Bonchev–Trinajstić information content (AvgIpc) is 3.30. The zero-order valence-corrected chi connectivity index (χ0v) is 26.7. The van der Waals surface area contributed by atoms with E-state index in [4.69, 9.17) is 18.6 Å². The summed E-state index contributed by atoms with van der Waals surface area (Å²) < 4.78 is 25.9. The van der Waals surface area contributed by atoms with Gasteiger partial charge in [-0.15, -0.1) is 0 Å². The second-order valence-corrected chi connectivity index (χ2v) is 16.0. The average molecular weight is 579 g/mol. The minimum absolute atomic E-state index is 0.0109. The van der Waals surface area contributed by atoms with E-state index in [2.05, 4.69) is 76.2 Å². The molecule has 224 valence electrons. The van der Waals surface area contributed by atoms with E-state index in [0.717, 1.165) is 51.6 Å². The van der Waals surface area contributed by atoms with Crippen molar-refractivity contribution in [3.63, 3.8) is 0 Å². The van der Waals surface area contributed by atoms with Gasteiger partial charge in [0.1, 0.15) is 0 Å². The van der Waals surface area contributed by atoms with Crippen molar-refractivity contribution in [2.24, 2.45) is 28.6 Å². The summed E-state index contributed by atoms with van der Waals surface area (Å²) in [4.78, 5) is 13.8. The predicted molar refractivity (Wildman–Crippen MR) is 166 cm³/mol. The maximum Gasteiger partial charge on any atom is 0.311 e. The molecule has 2 aromatic carbocycles. The molecule has 6 heteroatoms. The van der Waals surface area contributed by atoms with E-state index < -0.39 is 9.04 Å². The highest BCUT2D eigenvalue weighted by Gasteiger charge is 2.64. The van der Waals surface area contributed by atoms with Crippen molar-refractivity contribution in [2.75, 3.05) is 19.8 Å². The van der Waals surface area contributed by atoms with Gasteiger partial charge in [-0.05, 0) is 59.2 Å². The number of carbonyl (C=O) groups is 1. The van der Waals surface area contributed by atoms with Gasteiger partial charge in [0.25, 0.3) is 0 Å². The molecule has 2 unspecified atom stereocenters. The van der Waals surface area contributed by atoms with Crippen molar-refractivity contribution < 1.29 is 23.4 Å². The Morgan fingerprint density at radius 3 is 2.24 bits per heavy atom. The van der Waals surface area contributed by atoms with Gasteiger partial charge in [-0.1, -0.05) is 108 Å². The predicted octanol–water partition coefficient (Wildman–Crippen LogP) is 5.87. The lowest BCUT2D eigenvalue weighted by Crippen LogP contribution is -2.53. The smallest absolute Gasteiger partial charge is 0.311 e. The molecule has 2 saturated heterocycles. The third kappa shape index (κ3) is 6.82. The van der Waals surface area contributed by atoms with Crippen molar-refractivity contribution in [2.45, 2.75) is 91.5 Å². The lowest BCUT2D eigenvalue weighted by Gasteiger charge is -2.48. The molecule has 3 aliphatic rings. The van der Waals surface area contributed by atoms with Gasteiger partial charge >= 0.3 is 5.97 Å². The normalized spacial score (nSPS) is 30.3. The molecule has 1 aliphatic carbocycles. The largest absolute Gasteiger partial charge is 0.465 e. The fraction of sp³-hybridized carbons (Fsp3) is 0.629. The Labute approximate surface area is 249 Å². The molecule has 41 heavy (non-hydrogen) atoms. The van der Waals surface area contributed by atoms with E-state index >= 15 is 0 Å². The second-order valence-electron chi connectivity index (χ2n) is 13.6. The molecule has 1 saturated carbocycles. The van der Waals surface area contributed by atoms with Crippen molar-refractivity contribution in [1.29, 1.82) is 0 Å². The fourth-order valence-corrected chi connectivity index (χ4v) is 10.3. The van der Waals surface area contributed by atoms with E-state index in [0.29, 0.717) is 13.2 Å². The molecule has 2 heterocycles. The van der Waals surface area contributed by atoms with Crippen LogP contribution in [-0.2, 0) is 23.4 Å². The van der Waals surface area contributed by atoms with Gasteiger partial charge in [0, 0.05) is 19.1 Å². The maximum atomic E-state index is 13.8. The van der Waals surface area contributed by atoms with Gasteiger partial charge in [-0.3, -0.25) is 4.79 Å². The number of esters is 1.